The monoisotopic (exact) mass is 256 g/mol. The Morgan fingerprint density at radius 1 is 1.61 bits per heavy atom. The lowest BCUT2D eigenvalue weighted by Gasteiger charge is -2.14. The van der Waals surface area contributed by atoms with Gasteiger partial charge in [0.25, 0.3) is 0 Å². The fourth-order valence-corrected chi connectivity index (χ4v) is 1.33. The van der Waals surface area contributed by atoms with Crippen LogP contribution in [0.15, 0.2) is 17.2 Å². The number of nitrogens with zero attached hydrogens (tertiary/aromatic N) is 3. The minimum Gasteiger partial charge on any atom is -0.390 e. The molecule has 0 aromatic carbocycles. The van der Waals surface area contributed by atoms with Crippen LogP contribution in [0.5, 0.6) is 0 Å². The average molecular weight is 256 g/mol. The normalized spacial score (nSPS) is 12.7. The molecule has 8 nitrogen and oxygen atoms in total. The number of aliphatic hydroxyl groups excluding tert-OH is 1. The lowest BCUT2D eigenvalue weighted by atomic mass is 10.3. The Balaban J connectivity index is 2.74. The summed E-state index contributed by atoms with van der Waals surface area (Å²) in [6, 6.07) is 0.208. The first-order chi connectivity index (χ1) is 8.40. The quantitative estimate of drug-likeness (QED) is 0.525. The van der Waals surface area contributed by atoms with Crippen molar-refractivity contribution in [3.05, 3.63) is 33.0 Å². The molecule has 1 heterocycles. The van der Waals surface area contributed by atoms with Gasteiger partial charge < -0.3 is 10.4 Å². The first-order valence-corrected chi connectivity index (χ1v) is 5.52. The molecule has 1 atom stereocenters. The van der Waals surface area contributed by atoms with Gasteiger partial charge in [0.05, 0.1) is 23.8 Å². The minimum atomic E-state index is -0.811. The minimum absolute atomic E-state index is 0.0345. The number of hydrogen-bond acceptors (Lipinski definition) is 6. The largest absolute Gasteiger partial charge is 0.390 e. The van der Waals surface area contributed by atoms with Crippen LogP contribution in [0, 0.1) is 10.1 Å². The highest BCUT2D eigenvalue weighted by Gasteiger charge is 2.12. The van der Waals surface area contributed by atoms with Crippen molar-refractivity contribution in [3.8, 4) is 0 Å². The van der Waals surface area contributed by atoms with E-state index in [0.717, 1.165) is 17.0 Å². The maximum atomic E-state index is 11.4. The Morgan fingerprint density at radius 2 is 2.28 bits per heavy atom. The van der Waals surface area contributed by atoms with Gasteiger partial charge in [-0.05, 0) is 0 Å². The van der Waals surface area contributed by atoms with E-state index in [1.807, 2.05) is 13.8 Å². The molecule has 1 rings (SSSR count). The molecule has 0 bridgehead atoms. The zero-order chi connectivity index (χ0) is 13.7. The van der Waals surface area contributed by atoms with Gasteiger partial charge in [-0.2, -0.15) is 4.98 Å². The maximum absolute atomic E-state index is 11.4. The molecule has 2 N–H and O–H groups in total. The summed E-state index contributed by atoms with van der Waals surface area (Å²) in [5, 5.41) is 23.2. The van der Waals surface area contributed by atoms with E-state index in [4.69, 9.17) is 0 Å². The van der Waals surface area contributed by atoms with E-state index >= 15 is 0 Å². The molecule has 18 heavy (non-hydrogen) atoms. The molecule has 8 heteroatoms. The molecule has 1 aromatic heterocycles. The number of rotatable bonds is 6. The van der Waals surface area contributed by atoms with Crippen molar-refractivity contribution in [3.63, 3.8) is 0 Å². The van der Waals surface area contributed by atoms with Gasteiger partial charge in [0.2, 0.25) is 0 Å². The summed E-state index contributed by atoms with van der Waals surface area (Å²) in [4.78, 5) is 24.7. The highest BCUT2D eigenvalue weighted by Crippen LogP contribution is 2.04. The molecule has 0 saturated carbocycles. The van der Waals surface area contributed by atoms with Gasteiger partial charge in [-0.3, -0.25) is 14.7 Å². The van der Waals surface area contributed by atoms with Gasteiger partial charge in [-0.25, -0.2) is 4.79 Å². The Labute approximate surface area is 103 Å². The van der Waals surface area contributed by atoms with Crippen molar-refractivity contribution in [2.24, 2.45) is 0 Å². The second kappa shape index (κ2) is 6.22. The highest BCUT2D eigenvalue weighted by atomic mass is 16.6. The zero-order valence-corrected chi connectivity index (χ0v) is 10.2. The zero-order valence-electron chi connectivity index (χ0n) is 10.2. The average Bonchev–Trinajstić information content (AvgIpc) is 2.29. The van der Waals surface area contributed by atoms with Gasteiger partial charge in [0.1, 0.15) is 6.20 Å². The van der Waals surface area contributed by atoms with E-state index in [2.05, 4.69) is 10.3 Å². The first-order valence-electron chi connectivity index (χ1n) is 5.52. The van der Waals surface area contributed by atoms with Crippen LogP contribution in [0.1, 0.15) is 13.8 Å². The molecule has 0 spiro atoms. The molecule has 0 fully saturated rings. The Bertz CT molecular complexity index is 471. The number of hydrogen-bond donors (Lipinski definition) is 2. The molecule has 0 radical (unpaired) electrons. The fourth-order valence-electron chi connectivity index (χ4n) is 1.33. The number of nitrogens with one attached hydrogen (secondary N) is 1. The standard InChI is InChI=1S/C10H16N4O4/c1-7(2)11-4-9(15)6-13-5-8(14(17)18)3-12-10(13)16/h3,5,7,9,11,15H,4,6H2,1-2H3. The summed E-state index contributed by atoms with van der Waals surface area (Å²) in [5.74, 6) is 0. The SMILES string of the molecule is CC(C)NCC(O)Cn1cc([N+](=O)[O-])cnc1=O. The topological polar surface area (TPSA) is 110 Å². The van der Waals surface area contributed by atoms with Gasteiger partial charge in [-0.15, -0.1) is 0 Å². The van der Waals surface area contributed by atoms with Crippen LogP contribution in [-0.2, 0) is 6.54 Å². The molecule has 1 aromatic rings. The Kier molecular flexibility index (Phi) is 4.93. The van der Waals surface area contributed by atoms with Crippen LogP contribution in [-0.4, -0.2) is 38.3 Å². The number of nitro groups is 1. The summed E-state index contributed by atoms with van der Waals surface area (Å²) in [5.41, 5.74) is -0.900. The van der Waals surface area contributed by atoms with Crippen LogP contribution >= 0.6 is 0 Å². The summed E-state index contributed by atoms with van der Waals surface area (Å²) in [6.45, 7) is 4.11. The van der Waals surface area contributed by atoms with Crippen LogP contribution in [0.2, 0.25) is 0 Å². The number of aromatic nitrogens is 2. The lowest BCUT2D eigenvalue weighted by molar-refractivity contribution is -0.385. The van der Waals surface area contributed by atoms with Crippen LogP contribution in [0.4, 0.5) is 5.69 Å². The predicted molar refractivity (Wildman–Crippen MR) is 64.3 cm³/mol. The van der Waals surface area contributed by atoms with Crippen molar-refractivity contribution in [2.45, 2.75) is 32.5 Å². The van der Waals surface area contributed by atoms with E-state index in [9.17, 15) is 20.0 Å². The van der Waals surface area contributed by atoms with Crippen molar-refractivity contribution in [2.75, 3.05) is 6.54 Å². The molecule has 100 valence electrons. The molecule has 1 unspecified atom stereocenters. The summed E-state index contributed by atoms with van der Waals surface area (Å²) in [7, 11) is 0. The third-order valence-corrected chi connectivity index (χ3v) is 2.22. The second-order valence-electron chi connectivity index (χ2n) is 4.22. The van der Waals surface area contributed by atoms with E-state index in [1.54, 1.807) is 0 Å². The molecular formula is C10H16N4O4. The summed E-state index contributed by atoms with van der Waals surface area (Å²) in [6.07, 6.45) is 1.17. The fraction of sp³-hybridized carbons (Fsp3) is 0.600. The smallest absolute Gasteiger partial charge is 0.348 e. The van der Waals surface area contributed by atoms with Gasteiger partial charge in [0, 0.05) is 12.6 Å². The third-order valence-electron chi connectivity index (χ3n) is 2.22. The summed E-state index contributed by atoms with van der Waals surface area (Å²) >= 11 is 0. The van der Waals surface area contributed by atoms with Crippen LogP contribution in [0.25, 0.3) is 0 Å². The molecule has 0 aliphatic heterocycles. The first kappa shape index (κ1) is 14.3. The molecule has 0 saturated heterocycles. The third kappa shape index (κ3) is 4.22. The second-order valence-corrected chi connectivity index (χ2v) is 4.22. The number of aliphatic hydroxyl groups is 1. The Hall–Kier alpha value is -1.80. The van der Waals surface area contributed by atoms with Gasteiger partial charge in [-0.1, -0.05) is 13.8 Å². The van der Waals surface area contributed by atoms with E-state index in [1.165, 1.54) is 0 Å². The molecule has 0 aliphatic carbocycles. The van der Waals surface area contributed by atoms with Crippen LogP contribution in [0.3, 0.4) is 0 Å². The van der Waals surface area contributed by atoms with Crippen molar-refractivity contribution in [1.82, 2.24) is 14.9 Å². The Morgan fingerprint density at radius 3 is 2.83 bits per heavy atom. The van der Waals surface area contributed by atoms with Gasteiger partial charge >= 0.3 is 11.4 Å². The predicted octanol–water partition coefficient (Wildman–Crippen LogP) is -0.490. The molecule has 0 aliphatic rings. The van der Waals surface area contributed by atoms with Crippen molar-refractivity contribution < 1.29 is 10.0 Å². The maximum Gasteiger partial charge on any atom is 0.348 e. The van der Waals surface area contributed by atoms with Gasteiger partial charge in [0.15, 0.2) is 0 Å². The molecular weight excluding hydrogens is 240 g/mol. The van der Waals surface area contributed by atoms with Crippen molar-refractivity contribution >= 4 is 5.69 Å². The lowest BCUT2D eigenvalue weighted by Crippen LogP contribution is -2.37. The van der Waals surface area contributed by atoms with Crippen LogP contribution < -0.4 is 11.0 Å². The van der Waals surface area contributed by atoms with Crippen molar-refractivity contribution in [1.29, 1.82) is 0 Å². The highest BCUT2D eigenvalue weighted by molar-refractivity contribution is 5.20. The van der Waals surface area contributed by atoms with E-state index in [0.29, 0.717) is 6.54 Å². The van der Waals surface area contributed by atoms with E-state index in [-0.39, 0.29) is 18.3 Å². The summed E-state index contributed by atoms with van der Waals surface area (Å²) < 4.78 is 1.03. The van der Waals surface area contributed by atoms with E-state index < -0.39 is 16.7 Å². The molecule has 0 amide bonds.